The van der Waals surface area contributed by atoms with Crippen LogP contribution in [0.2, 0.25) is 0 Å². The highest BCUT2D eigenvalue weighted by Gasteiger charge is 2.09. The second kappa shape index (κ2) is 11.9. The Hall–Kier alpha value is -2.57. The Morgan fingerprint density at radius 1 is 1.19 bits per heavy atom. The summed E-state index contributed by atoms with van der Waals surface area (Å²) in [5, 5.41) is 10.6. The number of para-hydroxylation sites is 1. The molecule has 2 rings (SSSR count). The Kier molecular flexibility index (Phi) is 9.17. The molecule has 27 heavy (non-hydrogen) atoms. The van der Waals surface area contributed by atoms with Gasteiger partial charge in [0.25, 0.3) is 0 Å². The van der Waals surface area contributed by atoms with Gasteiger partial charge in [0.2, 0.25) is 5.89 Å². The maximum absolute atomic E-state index is 5.68. The molecule has 1 aromatic carbocycles. The van der Waals surface area contributed by atoms with Crippen molar-refractivity contribution in [2.75, 3.05) is 26.2 Å². The maximum Gasteiger partial charge on any atom is 0.226 e. The van der Waals surface area contributed by atoms with E-state index in [4.69, 9.17) is 9.26 Å². The first-order valence-electron chi connectivity index (χ1n) is 9.71. The minimum atomic E-state index is 0.291. The minimum Gasteiger partial charge on any atom is -0.494 e. The van der Waals surface area contributed by atoms with Crippen LogP contribution in [0.5, 0.6) is 5.75 Å². The number of guanidine groups is 1. The van der Waals surface area contributed by atoms with E-state index in [1.54, 1.807) is 0 Å². The van der Waals surface area contributed by atoms with E-state index in [1.807, 2.05) is 30.3 Å². The molecule has 0 unspecified atom stereocenters. The topological polar surface area (TPSA) is 84.6 Å². The van der Waals surface area contributed by atoms with Gasteiger partial charge in [0, 0.05) is 38.4 Å². The highest BCUT2D eigenvalue weighted by Crippen LogP contribution is 2.10. The number of nitrogens with one attached hydrogen (secondary N) is 2. The van der Waals surface area contributed by atoms with Gasteiger partial charge in [-0.25, -0.2) is 0 Å². The number of aromatic nitrogens is 2. The molecule has 0 aliphatic carbocycles. The molecule has 0 amide bonds. The molecule has 7 heteroatoms. The van der Waals surface area contributed by atoms with Crippen molar-refractivity contribution in [3.63, 3.8) is 0 Å². The molecule has 1 aromatic heterocycles. The Labute approximate surface area is 161 Å². The van der Waals surface area contributed by atoms with Crippen LogP contribution in [-0.2, 0) is 6.42 Å². The molecule has 148 valence electrons. The van der Waals surface area contributed by atoms with Crippen molar-refractivity contribution in [3.05, 3.63) is 42.0 Å². The van der Waals surface area contributed by atoms with Crippen LogP contribution in [0.25, 0.3) is 0 Å². The summed E-state index contributed by atoms with van der Waals surface area (Å²) in [6.07, 6.45) is 2.53. The first kappa shape index (κ1) is 20.7. The lowest BCUT2D eigenvalue weighted by atomic mass is 10.2. The van der Waals surface area contributed by atoms with Crippen LogP contribution in [0.1, 0.15) is 51.2 Å². The number of ether oxygens (including phenoxy) is 1. The quantitative estimate of drug-likeness (QED) is 0.358. The lowest BCUT2D eigenvalue weighted by Crippen LogP contribution is -2.38. The molecule has 0 fully saturated rings. The van der Waals surface area contributed by atoms with Crippen molar-refractivity contribution in [2.45, 2.75) is 46.0 Å². The van der Waals surface area contributed by atoms with Crippen LogP contribution in [-0.4, -0.2) is 42.3 Å². The first-order chi connectivity index (χ1) is 13.2. The third-order valence-corrected chi connectivity index (χ3v) is 3.79. The molecular weight excluding hydrogens is 342 g/mol. The highest BCUT2D eigenvalue weighted by atomic mass is 16.5. The van der Waals surface area contributed by atoms with Gasteiger partial charge >= 0.3 is 0 Å². The van der Waals surface area contributed by atoms with Gasteiger partial charge in [-0.05, 0) is 25.5 Å². The van der Waals surface area contributed by atoms with E-state index in [-0.39, 0.29) is 0 Å². The number of hydrogen-bond acceptors (Lipinski definition) is 5. The van der Waals surface area contributed by atoms with Crippen LogP contribution in [0.3, 0.4) is 0 Å². The van der Waals surface area contributed by atoms with E-state index in [0.717, 1.165) is 49.9 Å². The van der Waals surface area contributed by atoms with E-state index in [1.165, 1.54) is 0 Å². The van der Waals surface area contributed by atoms with Crippen molar-refractivity contribution in [1.29, 1.82) is 0 Å². The van der Waals surface area contributed by atoms with E-state index < -0.39 is 0 Å². The SMILES string of the molecule is CCNC(=NCCCOc1ccccc1)NCCCc1nc(C(C)C)no1. The largest absolute Gasteiger partial charge is 0.494 e. The molecule has 0 bridgehead atoms. The van der Waals surface area contributed by atoms with Gasteiger partial charge in [-0.3, -0.25) is 4.99 Å². The molecule has 0 atom stereocenters. The number of aryl methyl sites for hydroxylation is 1. The third-order valence-electron chi connectivity index (χ3n) is 3.79. The molecular formula is C20H31N5O2. The lowest BCUT2D eigenvalue weighted by molar-refractivity contribution is 0.313. The van der Waals surface area contributed by atoms with Crippen molar-refractivity contribution in [1.82, 2.24) is 20.8 Å². The molecule has 0 spiro atoms. The van der Waals surface area contributed by atoms with Gasteiger partial charge in [0.1, 0.15) is 5.75 Å². The zero-order valence-corrected chi connectivity index (χ0v) is 16.6. The van der Waals surface area contributed by atoms with Gasteiger partial charge in [0.15, 0.2) is 11.8 Å². The molecule has 1 heterocycles. The summed E-state index contributed by atoms with van der Waals surface area (Å²) in [5.41, 5.74) is 0. The molecule has 0 saturated carbocycles. The maximum atomic E-state index is 5.68. The summed E-state index contributed by atoms with van der Waals surface area (Å²) in [6.45, 7) is 9.16. The zero-order chi connectivity index (χ0) is 19.3. The monoisotopic (exact) mass is 373 g/mol. The molecule has 7 nitrogen and oxygen atoms in total. The predicted octanol–water partition coefficient (Wildman–Crippen LogP) is 3.15. The highest BCUT2D eigenvalue weighted by molar-refractivity contribution is 5.79. The van der Waals surface area contributed by atoms with E-state index in [0.29, 0.717) is 25.0 Å². The van der Waals surface area contributed by atoms with Crippen LogP contribution in [0.15, 0.2) is 39.8 Å². The van der Waals surface area contributed by atoms with Gasteiger partial charge in [-0.15, -0.1) is 0 Å². The van der Waals surface area contributed by atoms with E-state index >= 15 is 0 Å². The van der Waals surface area contributed by atoms with Crippen LogP contribution < -0.4 is 15.4 Å². The van der Waals surface area contributed by atoms with Crippen molar-refractivity contribution in [3.8, 4) is 5.75 Å². The summed E-state index contributed by atoms with van der Waals surface area (Å²) in [7, 11) is 0. The van der Waals surface area contributed by atoms with Crippen LogP contribution in [0, 0.1) is 0 Å². The minimum absolute atomic E-state index is 0.291. The van der Waals surface area contributed by atoms with E-state index in [2.05, 4.69) is 46.5 Å². The summed E-state index contributed by atoms with van der Waals surface area (Å²) in [6, 6.07) is 9.84. The normalized spacial score (nSPS) is 11.6. The van der Waals surface area contributed by atoms with Gasteiger partial charge < -0.3 is 19.9 Å². The Morgan fingerprint density at radius 3 is 2.70 bits per heavy atom. The fourth-order valence-corrected chi connectivity index (χ4v) is 2.35. The van der Waals surface area contributed by atoms with Crippen molar-refractivity contribution >= 4 is 5.96 Å². The first-order valence-corrected chi connectivity index (χ1v) is 9.71. The second-order valence-electron chi connectivity index (χ2n) is 6.51. The van der Waals surface area contributed by atoms with Crippen molar-refractivity contribution < 1.29 is 9.26 Å². The lowest BCUT2D eigenvalue weighted by Gasteiger charge is -2.11. The number of hydrogen-bond donors (Lipinski definition) is 2. The summed E-state index contributed by atoms with van der Waals surface area (Å²) >= 11 is 0. The second-order valence-corrected chi connectivity index (χ2v) is 6.51. The smallest absolute Gasteiger partial charge is 0.226 e. The molecule has 0 aliphatic heterocycles. The van der Waals surface area contributed by atoms with Crippen molar-refractivity contribution in [2.24, 2.45) is 4.99 Å². The number of benzene rings is 1. The fraction of sp³-hybridized carbons (Fsp3) is 0.550. The Morgan fingerprint density at radius 2 is 2.00 bits per heavy atom. The molecule has 0 saturated heterocycles. The summed E-state index contributed by atoms with van der Waals surface area (Å²) < 4.78 is 10.9. The average molecular weight is 374 g/mol. The number of nitrogens with zero attached hydrogens (tertiary/aromatic N) is 3. The fourth-order valence-electron chi connectivity index (χ4n) is 2.35. The van der Waals surface area contributed by atoms with Crippen LogP contribution in [0.4, 0.5) is 0 Å². The van der Waals surface area contributed by atoms with Gasteiger partial charge in [0.05, 0.1) is 6.61 Å². The molecule has 2 aromatic rings. The average Bonchev–Trinajstić information content (AvgIpc) is 3.15. The molecule has 2 N–H and O–H groups in total. The Bertz CT molecular complexity index is 670. The number of rotatable bonds is 11. The summed E-state index contributed by atoms with van der Waals surface area (Å²) in [5.74, 6) is 3.48. The molecule has 0 aliphatic rings. The standard InChI is InChI=1S/C20H31N5O2/c1-4-21-20(23-14-9-15-26-17-10-6-5-7-11-17)22-13-8-12-18-24-19(16(2)3)25-27-18/h5-7,10-11,16H,4,8-9,12-15H2,1-3H3,(H2,21,22,23). The van der Waals surface area contributed by atoms with Crippen LogP contribution >= 0.6 is 0 Å². The summed E-state index contributed by atoms with van der Waals surface area (Å²) in [4.78, 5) is 8.97. The van der Waals surface area contributed by atoms with Gasteiger partial charge in [-0.1, -0.05) is 37.2 Å². The zero-order valence-electron chi connectivity index (χ0n) is 16.6. The third kappa shape index (κ3) is 8.11. The molecule has 0 radical (unpaired) electrons. The Balaban J connectivity index is 1.63. The predicted molar refractivity (Wildman–Crippen MR) is 107 cm³/mol. The van der Waals surface area contributed by atoms with Gasteiger partial charge in [-0.2, -0.15) is 4.98 Å². The number of aliphatic imine (C=N–C) groups is 1. The van der Waals surface area contributed by atoms with E-state index in [9.17, 15) is 0 Å².